The predicted molar refractivity (Wildman–Crippen MR) is 61.4 cm³/mol. The summed E-state index contributed by atoms with van der Waals surface area (Å²) >= 11 is 0. The highest BCUT2D eigenvalue weighted by Crippen LogP contribution is 2.06. The lowest BCUT2D eigenvalue weighted by Crippen LogP contribution is -2.31. The van der Waals surface area contributed by atoms with E-state index in [1.54, 1.807) is 0 Å². The van der Waals surface area contributed by atoms with Crippen molar-refractivity contribution in [1.82, 2.24) is 4.90 Å². The van der Waals surface area contributed by atoms with Crippen LogP contribution in [-0.2, 0) is 9.59 Å². The van der Waals surface area contributed by atoms with Crippen LogP contribution in [0.3, 0.4) is 0 Å². The molecule has 0 heterocycles. The Labute approximate surface area is 92.1 Å². The summed E-state index contributed by atoms with van der Waals surface area (Å²) in [5.74, 6) is -0.440. The maximum atomic E-state index is 11.4. The Bertz CT molecular complexity index is 224. The maximum absolute atomic E-state index is 11.4. The van der Waals surface area contributed by atoms with E-state index in [9.17, 15) is 9.59 Å². The number of rotatable bonds is 7. The van der Waals surface area contributed by atoms with E-state index in [2.05, 4.69) is 13.5 Å². The Morgan fingerprint density at radius 3 is 2.33 bits per heavy atom. The fraction of sp³-hybridized carbons (Fsp3) is 0.667. The summed E-state index contributed by atoms with van der Waals surface area (Å²) in [6.07, 6.45) is 7.14. The molecule has 0 aliphatic heterocycles. The van der Waals surface area contributed by atoms with Crippen LogP contribution in [-0.4, -0.2) is 23.8 Å². The van der Waals surface area contributed by atoms with Gasteiger partial charge in [0.1, 0.15) is 0 Å². The SMILES string of the molecule is C=CC(=O)N(C)C(=O)CCCCCCC. The zero-order chi connectivity index (χ0) is 11.7. The number of nitrogens with zero attached hydrogens (tertiary/aromatic N) is 1. The first-order valence-corrected chi connectivity index (χ1v) is 5.56. The van der Waals surface area contributed by atoms with Crippen LogP contribution in [0.25, 0.3) is 0 Å². The molecule has 86 valence electrons. The quantitative estimate of drug-likeness (QED) is 0.479. The van der Waals surface area contributed by atoms with Gasteiger partial charge < -0.3 is 0 Å². The third kappa shape index (κ3) is 6.05. The van der Waals surface area contributed by atoms with E-state index in [-0.39, 0.29) is 11.8 Å². The first kappa shape index (κ1) is 13.9. The highest BCUT2D eigenvalue weighted by atomic mass is 16.2. The van der Waals surface area contributed by atoms with Gasteiger partial charge in [0.25, 0.3) is 5.91 Å². The van der Waals surface area contributed by atoms with Gasteiger partial charge in [-0.15, -0.1) is 0 Å². The molecule has 2 amide bonds. The third-order valence-electron chi connectivity index (χ3n) is 2.37. The van der Waals surface area contributed by atoms with Gasteiger partial charge in [-0.2, -0.15) is 0 Å². The Morgan fingerprint density at radius 1 is 1.20 bits per heavy atom. The van der Waals surface area contributed by atoms with Gasteiger partial charge in [0.05, 0.1) is 0 Å². The molecule has 0 aromatic carbocycles. The van der Waals surface area contributed by atoms with Gasteiger partial charge in [0.15, 0.2) is 0 Å². The average Bonchev–Trinajstić information content (AvgIpc) is 2.26. The number of carbonyl (C=O) groups is 2. The van der Waals surface area contributed by atoms with Crippen LogP contribution in [0.5, 0.6) is 0 Å². The van der Waals surface area contributed by atoms with Gasteiger partial charge in [-0.05, 0) is 12.5 Å². The van der Waals surface area contributed by atoms with Gasteiger partial charge in [0.2, 0.25) is 5.91 Å². The summed E-state index contributed by atoms with van der Waals surface area (Å²) in [6.45, 7) is 5.50. The van der Waals surface area contributed by atoms with Crippen LogP contribution in [0.4, 0.5) is 0 Å². The summed E-state index contributed by atoms with van der Waals surface area (Å²) < 4.78 is 0. The Kier molecular flexibility index (Phi) is 7.60. The van der Waals surface area contributed by atoms with Crippen LogP contribution in [0.15, 0.2) is 12.7 Å². The molecule has 3 heteroatoms. The molecule has 0 aliphatic carbocycles. The Hall–Kier alpha value is -1.12. The molecule has 0 atom stereocenters. The summed E-state index contributed by atoms with van der Waals surface area (Å²) in [5.41, 5.74) is 0. The van der Waals surface area contributed by atoms with Gasteiger partial charge in [-0.3, -0.25) is 14.5 Å². The van der Waals surface area contributed by atoms with Crippen LogP contribution >= 0.6 is 0 Å². The molecule has 0 radical (unpaired) electrons. The number of imide groups is 1. The van der Waals surface area contributed by atoms with Crippen LogP contribution in [0.2, 0.25) is 0 Å². The molecule has 0 bridgehead atoms. The number of carbonyl (C=O) groups excluding carboxylic acids is 2. The fourth-order valence-electron chi connectivity index (χ4n) is 1.31. The van der Waals surface area contributed by atoms with Crippen molar-refractivity contribution in [3.8, 4) is 0 Å². The number of hydrogen-bond donors (Lipinski definition) is 0. The summed E-state index contributed by atoms with van der Waals surface area (Å²) in [6, 6.07) is 0. The highest BCUT2D eigenvalue weighted by molar-refractivity contribution is 6.00. The van der Waals surface area contributed by atoms with E-state index in [0.717, 1.165) is 23.8 Å². The van der Waals surface area contributed by atoms with Gasteiger partial charge >= 0.3 is 0 Å². The second-order valence-corrected chi connectivity index (χ2v) is 3.66. The lowest BCUT2D eigenvalue weighted by Gasteiger charge is -2.12. The smallest absolute Gasteiger partial charge is 0.252 e. The van der Waals surface area contributed by atoms with Crippen molar-refractivity contribution in [2.45, 2.75) is 45.4 Å². The second kappa shape index (κ2) is 8.21. The molecule has 0 saturated heterocycles. The molecule has 0 aromatic rings. The number of hydrogen-bond acceptors (Lipinski definition) is 2. The normalized spacial score (nSPS) is 9.73. The molecule has 0 spiro atoms. The van der Waals surface area contributed by atoms with Crippen molar-refractivity contribution in [2.24, 2.45) is 0 Å². The minimum absolute atomic E-state index is 0.114. The molecule has 0 aliphatic rings. The third-order valence-corrected chi connectivity index (χ3v) is 2.37. The molecule has 3 nitrogen and oxygen atoms in total. The van der Waals surface area contributed by atoms with Crippen molar-refractivity contribution >= 4 is 11.8 Å². The monoisotopic (exact) mass is 211 g/mol. The number of amides is 2. The van der Waals surface area contributed by atoms with E-state index >= 15 is 0 Å². The lowest BCUT2D eigenvalue weighted by molar-refractivity contribution is -0.140. The topological polar surface area (TPSA) is 37.4 Å². The molecular weight excluding hydrogens is 190 g/mol. The predicted octanol–water partition coefficient (Wildman–Crippen LogP) is 2.52. The van der Waals surface area contributed by atoms with Crippen molar-refractivity contribution in [3.05, 3.63) is 12.7 Å². The van der Waals surface area contributed by atoms with Crippen LogP contribution in [0, 0.1) is 0 Å². The largest absolute Gasteiger partial charge is 0.282 e. The standard InChI is InChI=1S/C12H21NO2/c1-4-6-7-8-9-10-12(15)13(3)11(14)5-2/h5H,2,4,6-10H2,1,3H3. The highest BCUT2D eigenvalue weighted by Gasteiger charge is 2.12. The first-order valence-electron chi connectivity index (χ1n) is 5.56. The molecule has 0 unspecified atom stereocenters. The molecular formula is C12H21NO2. The van der Waals surface area contributed by atoms with E-state index in [0.29, 0.717) is 6.42 Å². The molecule has 0 rings (SSSR count). The van der Waals surface area contributed by atoms with Gasteiger partial charge in [-0.1, -0.05) is 39.2 Å². The fourth-order valence-corrected chi connectivity index (χ4v) is 1.31. The zero-order valence-corrected chi connectivity index (χ0v) is 9.79. The number of likely N-dealkylation sites (N-methyl/N-ethyl adjacent to an activating group) is 1. The van der Waals surface area contributed by atoms with Gasteiger partial charge in [0, 0.05) is 13.5 Å². The van der Waals surface area contributed by atoms with Gasteiger partial charge in [-0.25, -0.2) is 0 Å². The molecule has 0 saturated carbocycles. The van der Waals surface area contributed by atoms with Crippen LogP contribution in [0.1, 0.15) is 45.4 Å². The van der Waals surface area contributed by atoms with Crippen molar-refractivity contribution in [1.29, 1.82) is 0 Å². The molecule has 0 fully saturated rings. The number of unbranched alkanes of at least 4 members (excludes halogenated alkanes) is 4. The minimum Gasteiger partial charge on any atom is -0.282 e. The molecule has 0 N–H and O–H groups in total. The average molecular weight is 211 g/mol. The molecule has 15 heavy (non-hydrogen) atoms. The van der Waals surface area contributed by atoms with E-state index in [4.69, 9.17) is 0 Å². The summed E-state index contributed by atoms with van der Waals surface area (Å²) in [7, 11) is 1.50. The van der Waals surface area contributed by atoms with Crippen molar-refractivity contribution < 1.29 is 9.59 Å². The zero-order valence-electron chi connectivity index (χ0n) is 9.79. The summed E-state index contributed by atoms with van der Waals surface area (Å²) in [5, 5.41) is 0. The minimum atomic E-state index is -0.325. The Balaban J connectivity index is 3.65. The lowest BCUT2D eigenvalue weighted by atomic mass is 10.1. The first-order chi connectivity index (χ1) is 7.13. The maximum Gasteiger partial charge on any atom is 0.252 e. The van der Waals surface area contributed by atoms with E-state index < -0.39 is 0 Å². The van der Waals surface area contributed by atoms with E-state index in [1.165, 1.54) is 26.3 Å². The van der Waals surface area contributed by atoms with Crippen molar-refractivity contribution in [2.75, 3.05) is 7.05 Å². The second-order valence-electron chi connectivity index (χ2n) is 3.66. The molecule has 0 aromatic heterocycles. The van der Waals surface area contributed by atoms with Crippen molar-refractivity contribution in [3.63, 3.8) is 0 Å². The Morgan fingerprint density at radius 2 is 1.80 bits per heavy atom. The van der Waals surface area contributed by atoms with E-state index in [1.807, 2.05) is 0 Å². The summed E-state index contributed by atoms with van der Waals surface area (Å²) in [4.78, 5) is 23.6. The van der Waals surface area contributed by atoms with Crippen LogP contribution < -0.4 is 0 Å².